The third-order valence-electron chi connectivity index (χ3n) is 4.10. The maximum Gasteiger partial charge on any atom is 0.254 e. The minimum atomic E-state index is -0.180. The second-order valence-corrected chi connectivity index (χ2v) is 5.31. The van der Waals surface area contributed by atoms with Crippen LogP contribution in [0.1, 0.15) is 25.5 Å². The van der Waals surface area contributed by atoms with E-state index in [9.17, 15) is 0 Å². The van der Waals surface area contributed by atoms with Gasteiger partial charge in [-0.15, -0.1) is 0 Å². The molecule has 1 fully saturated rings. The number of nitrogens with one attached hydrogen (secondary N) is 1. The van der Waals surface area contributed by atoms with Crippen LogP contribution < -0.4 is 5.32 Å². The number of hydrogen-bond donors (Lipinski definition) is 1. The molecule has 0 saturated carbocycles. The highest BCUT2D eigenvalue weighted by Crippen LogP contribution is 2.25. The van der Waals surface area contributed by atoms with Gasteiger partial charge in [-0.2, -0.15) is 14.6 Å². The van der Waals surface area contributed by atoms with Crippen LogP contribution in [0.5, 0.6) is 0 Å². The van der Waals surface area contributed by atoms with Crippen molar-refractivity contribution in [2.45, 2.75) is 31.8 Å². The molecule has 3 rings (SSSR count). The Morgan fingerprint density at radius 2 is 2.24 bits per heavy atom. The standard InChI is InChI=1S/C14H21N5O2/c1-3-11-8-12(19-13(18-11)16-10-17-19)15-9-14(20-2)4-6-21-7-5-14/h8,10,15H,3-7,9H2,1-2H3. The molecule has 0 bridgehead atoms. The maximum atomic E-state index is 5.75. The molecule has 0 aliphatic carbocycles. The average Bonchev–Trinajstić information content (AvgIpc) is 3.02. The number of methoxy groups -OCH3 is 1. The number of anilines is 1. The van der Waals surface area contributed by atoms with Gasteiger partial charge in [-0.05, 0) is 6.42 Å². The van der Waals surface area contributed by atoms with E-state index in [4.69, 9.17) is 9.47 Å². The lowest BCUT2D eigenvalue weighted by Crippen LogP contribution is -2.44. The van der Waals surface area contributed by atoms with Crippen molar-refractivity contribution in [1.82, 2.24) is 19.6 Å². The van der Waals surface area contributed by atoms with Gasteiger partial charge in [0.05, 0.1) is 5.60 Å². The highest BCUT2D eigenvalue weighted by molar-refractivity contribution is 5.45. The molecule has 2 aromatic heterocycles. The van der Waals surface area contributed by atoms with Gasteiger partial charge < -0.3 is 14.8 Å². The largest absolute Gasteiger partial charge is 0.381 e. The van der Waals surface area contributed by atoms with Crippen molar-refractivity contribution in [2.24, 2.45) is 0 Å². The molecule has 0 unspecified atom stereocenters. The van der Waals surface area contributed by atoms with Crippen molar-refractivity contribution in [1.29, 1.82) is 0 Å². The summed E-state index contributed by atoms with van der Waals surface area (Å²) < 4.78 is 12.9. The van der Waals surface area contributed by atoms with Gasteiger partial charge in [0.2, 0.25) is 0 Å². The summed E-state index contributed by atoms with van der Waals surface area (Å²) in [6.07, 6.45) is 4.17. The first-order valence-corrected chi connectivity index (χ1v) is 7.33. The summed E-state index contributed by atoms with van der Waals surface area (Å²) >= 11 is 0. The highest BCUT2D eigenvalue weighted by atomic mass is 16.5. The predicted octanol–water partition coefficient (Wildman–Crippen LogP) is 1.29. The number of rotatable bonds is 5. The number of aryl methyl sites for hydroxylation is 1. The monoisotopic (exact) mass is 291 g/mol. The Bertz CT molecular complexity index is 606. The van der Waals surface area contributed by atoms with Crippen LogP contribution in [-0.2, 0) is 15.9 Å². The molecule has 1 aliphatic heterocycles. The zero-order valence-electron chi connectivity index (χ0n) is 12.5. The molecular formula is C14H21N5O2. The van der Waals surface area contributed by atoms with Crippen LogP contribution in [0.3, 0.4) is 0 Å². The zero-order valence-corrected chi connectivity index (χ0v) is 12.5. The summed E-state index contributed by atoms with van der Waals surface area (Å²) in [4.78, 5) is 8.61. The van der Waals surface area contributed by atoms with Gasteiger partial charge in [-0.25, -0.2) is 4.98 Å². The molecule has 0 amide bonds. The summed E-state index contributed by atoms with van der Waals surface area (Å²) in [6.45, 7) is 4.28. The summed E-state index contributed by atoms with van der Waals surface area (Å²) in [5.41, 5.74) is 0.817. The molecular weight excluding hydrogens is 270 g/mol. The van der Waals surface area contributed by atoms with Crippen LogP contribution in [0, 0.1) is 0 Å². The van der Waals surface area contributed by atoms with E-state index >= 15 is 0 Å². The minimum absolute atomic E-state index is 0.180. The van der Waals surface area contributed by atoms with Crippen LogP contribution in [0.25, 0.3) is 5.78 Å². The molecule has 1 aliphatic rings. The quantitative estimate of drug-likeness (QED) is 0.895. The smallest absolute Gasteiger partial charge is 0.254 e. The van der Waals surface area contributed by atoms with Gasteiger partial charge in [0, 0.05) is 51.5 Å². The van der Waals surface area contributed by atoms with Crippen LogP contribution in [-0.4, -0.2) is 52.1 Å². The van der Waals surface area contributed by atoms with Crippen LogP contribution >= 0.6 is 0 Å². The molecule has 3 heterocycles. The molecule has 0 radical (unpaired) electrons. The molecule has 21 heavy (non-hydrogen) atoms. The lowest BCUT2D eigenvalue weighted by atomic mass is 9.94. The molecule has 0 atom stereocenters. The summed E-state index contributed by atoms with van der Waals surface area (Å²) in [5, 5.41) is 7.67. The number of hydrogen-bond acceptors (Lipinski definition) is 6. The topological polar surface area (TPSA) is 73.6 Å². The number of fused-ring (bicyclic) bond motifs is 1. The minimum Gasteiger partial charge on any atom is -0.381 e. The Morgan fingerprint density at radius 3 is 2.95 bits per heavy atom. The number of ether oxygens (including phenoxy) is 2. The fraction of sp³-hybridized carbons (Fsp3) is 0.643. The summed E-state index contributed by atoms with van der Waals surface area (Å²) in [7, 11) is 1.77. The average molecular weight is 291 g/mol. The molecule has 0 spiro atoms. The molecule has 114 valence electrons. The van der Waals surface area contributed by atoms with Crippen molar-refractivity contribution < 1.29 is 9.47 Å². The van der Waals surface area contributed by atoms with Gasteiger partial charge in [-0.3, -0.25) is 0 Å². The SMILES string of the molecule is CCc1cc(NCC2(OC)CCOCC2)n2ncnc2n1. The lowest BCUT2D eigenvalue weighted by molar-refractivity contribution is -0.0807. The normalized spacial score (nSPS) is 18.0. The van der Waals surface area contributed by atoms with Crippen LogP contribution in [0.2, 0.25) is 0 Å². The lowest BCUT2D eigenvalue weighted by Gasteiger charge is -2.36. The van der Waals surface area contributed by atoms with Crippen molar-refractivity contribution >= 4 is 11.6 Å². The molecule has 1 N–H and O–H groups in total. The number of nitrogens with zero attached hydrogens (tertiary/aromatic N) is 4. The number of aromatic nitrogens is 4. The summed E-state index contributed by atoms with van der Waals surface area (Å²) in [5.74, 6) is 1.52. The Morgan fingerprint density at radius 1 is 1.43 bits per heavy atom. The Kier molecular flexibility index (Phi) is 4.03. The van der Waals surface area contributed by atoms with E-state index in [0.29, 0.717) is 5.78 Å². The van der Waals surface area contributed by atoms with Gasteiger partial charge in [-0.1, -0.05) is 6.92 Å². The zero-order chi connectivity index (χ0) is 14.7. The molecule has 7 nitrogen and oxygen atoms in total. The predicted molar refractivity (Wildman–Crippen MR) is 78.4 cm³/mol. The Labute approximate surface area is 123 Å². The van der Waals surface area contributed by atoms with Crippen LogP contribution in [0.15, 0.2) is 12.4 Å². The fourth-order valence-electron chi connectivity index (χ4n) is 2.62. The van der Waals surface area contributed by atoms with E-state index in [0.717, 1.165) is 50.5 Å². The highest BCUT2D eigenvalue weighted by Gasteiger charge is 2.32. The van der Waals surface area contributed by atoms with Gasteiger partial charge >= 0.3 is 0 Å². The van der Waals surface area contributed by atoms with E-state index < -0.39 is 0 Å². The van der Waals surface area contributed by atoms with Gasteiger partial charge in [0.1, 0.15) is 12.1 Å². The third-order valence-corrected chi connectivity index (χ3v) is 4.10. The molecule has 1 saturated heterocycles. The Hall–Kier alpha value is -1.73. The van der Waals surface area contributed by atoms with E-state index in [1.54, 1.807) is 11.6 Å². The van der Waals surface area contributed by atoms with E-state index in [-0.39, 0.29) is 5.60 Å². The van der Waals surface area contributed by atoms with E-state index in [2.05, 4.69) is 27.3 Å². The van der Waals surface area contributed by atoms with Crippen molar-refractivity contribution in [2.75, 3.05) is 32.2 Å². The summed E-state index contributed by atoms with van der Waals surface area (Å²) in [6, 6.07) is 2.02. The molecule has 7 heteroatoms. The van der Waals surface area contributed by atoms with Crippen molar-refractivity contribution in [3.8, 4) is 0 Å². The van der Waals surface area contributed by atoms with Gasteiger partial charge in [0.15, 0.2) is 0 Å². The van der Waals surface area contributed by atoms with Gasteiger partial charge in [0.25, 0.3) is 5.78 Å². The Balaban J connectivity index is 1.82. The first-order chi connectivity index (χ1) is 10.3. The second kappa shape index (κ2) is 5.95. The molecule has 2 aromatic rings. The fourth-order valence-corrected chi connectivity index (χ4v) is 2.62. The second-order valence-electron chi connectivity index (χ2n) is 5.31. The van der Waals surface area contributed by atoms with E-state index in [1.807, 2.05) is 6.07 Å². The maximum absolute atomic E-state index is 5.75. The van der Waals surface area contributed by atoms with Crippen molar-refractivity contribution in [3.05, 3.63) is 18.1 Å². The van der Waals surface area contributed by atoms with Crippen LogP contribution in [0.4, 0.5) is 5.82 Å². The van der Waals surface area contributed by atoms with Crippen molar-refractivity contribution in [3.63, 3.8) is 0 Å². The first-order valence-electron chi connectivity index (χ1n) is 7.33. The first kappa shape index (κ1) is 14.2. The molecule has 0 aromatic carbocycles. The van der Waals surface area contributed by atoms with E-state index in [1.165, 1.54) is 6.33 Å². The third kappa shape index (κ3) is 2.84.